The molecule has 0 radical (unpaired) electrons. The Morgan fingerprint density at radius 2 is 2.10 bits per heavy atom. The predicted octanol–water partition coefficient (Wildman–Crippen LogP) is 5.08. The summed E-state index contributed by atoms with van der Waals surface area (Å²) in [5.74, 6) is 0.224. The first-order valence-electron chi connectivity index (χ1n) is 10.7. The third-order valence-electron chi connectivity index (χ3n) is 4.75. The molecule has 1 aromatic rings. The Balaban J connectivity index is 1.73. The van der Waals surface area contributed by atoms with Crippen molar-refractivity contribution < 1.29 is 24.2 Å². The summed E-state index contributed by atoms with van der Waals surface area (Å²) >= 11 is 5.91. The third-order valence-corrected chi connectivity index (χ3v) is 4.98. The van der Waals surface area contributed by atoms with Gasteiger partial charge in [-0.1, -0.05) is 48.0 Å². The second-order valence-corrected chi connectivity index (χ2v) is 8.25. The molecule has 5 nitrogen and oxygen atoms in total. The van der Waals surface area contributed by atoms with E-state index < -0.39 is 6.10 Å². The van der Waals surface area contributed by atoms with Crippen LogP contribution in [0.15, 0.2) is 60.7 Å². The van der Waals surface area contributed by atoms with E-state index in [0.717, 1.165) is 19.3 Å². The molecule has 1 N–H and O–H groups in total. The molecule has 168 valence electrons. The summed E-state index contributed by atoms with van der Waals surface area (Å²) in [7, 11) is 0. The van der Waals surface area contributed by atoms with Gasteiger partial charge in [0.25, 0.3) is 0 Å². The molecule has 31 heavy (non-hydrogen) atoms. The van der Waals surface area contributed by atoms with E-state index in [-0.39, 0.29) is 36.3 Å². The topological polar surface area (TPSA) is 72.8 Å². The largest absolute Gasteiger partial charge is 0.491 e. The number of ketones is 1. The molecule has 0 heterocycles. The van der Waals surface area contributed by atoms with Crippen molar-refractivity contribution in [3.8, 4) is 5.75 Å². The minimum absolute atomic E-state index is 0.0361. The maximum atomic E-state index is 12.2. The lowest BCUT2D eigenvalue weighted by Crippen LogP contribution is -2.17. The van der Waals surface area contributed by atoms with Gasteiger partial charge in [0.15, 0.2) is 5.78 Å². The van der Waals surface area contributed by atoms with Crippen molar-refractivity contribution >= 4 is 23.4 Å². The van der Waals surface area contributed by atoms with Gasteiger partial charge >= 0.3 is 5.97 Å². The van der Waals surface area contributed by atoms with E-state index in [1.165, 1.54) is 0 Å². The molecule has 0 aromatic heterocycles. The first-order valence-corrected chi connectivity index (χ1v) is 11.0. The average molecular weight is 447 g/mol. The van der Waals surface area contributed by atoms with E-state index in [2.05, 4.69) is 0 Å². The van der Waals surface area contributed by atoms with E-state index in [4.69, 9.17) is 21.1 Å². The molecule has 0 fully saturated rings. The van der Waals surface area contributed by atoms with Crippen molar-refractivity contribution in [2.24, 2.45) is 11.8 Å². The molecule has 1 aromatic carbocycles. The number of esters is 1. The van der Waals surface area contributed by atoms with Crippen molar-refractivity contribution in [1.29, 1.82) is 0 Å². The van der Waals surface area contributed by atoms with Crippen LogP contribution in [-0.4, -0.2) is 35.7 Å². The number of ether oxygens (including phenoxy) is 2. The molecular weight excluding hydrogens is 416 g/mol. The Morgan fingerprint density at radius 1 is 1.29 bits per heavy atom. The summed E-state index contributed by atoms with van der Waals surface area (Å²) < 4.78 is 10.6. The summed E-state index contributed by atoms with van der Waals surface area (Å²) in [4.78, 5) is 23.7. The molecular formula is C25H31ClO5. The zero-order chi connectivity index (χ0) is 22.6. The van der Waals surface area contributed by atoms with E-state index in [0.29, 0.717) is 17.2 Å². The van der Waals surface area contributed by atoms with Crippen LogP contribution < -0.4 is 4.74 Å². The number of aliphatic hydroxyl groups excluding tert-OH is 1. The summed E-state index contributed by atoms with van der Waals surface area (Å²) in [6.45, 7) is 3.75. The van der Waals surface area contributed by atoms with Gasteiger partial charge in [0.1, 0.15) is 18.5 Å². The fourth-order valence-electron chi connectivity index (χ4n) is 3.22. The number of carbonyl (C=O) groups is 2. The maximum absolute atomic E-state index is 12.2. The second-order valence-electron chi connectivity index (χ2n) is 7.81. The number of rotatable bonds is 12. The Kier molecular flexibility index (Phi) is 10.5. The van der Waals surface area contributed by atoms with Gasteiger partial charge in [-0.15, -0.1) is 0 Å². The smallest absolute Gasteiger partial charge is 0.306 e. The molecule has 1 aliphatic carbocycles. The fraction of sp³-hybridized carbons (Fsp3) is 0.440. The van der Waals surface area contributed by atoms with Gasteiger partial charge in [0.05, 0.1) is 6.10 Å². The van der Waals surface area contributed by atoms with Crippen LogP contribution in [0.1, 0.15) is 39.5 Å². The Hall–Kier alpha value is -2.37. The van der Waals surface area contributed by atoms with Crippen LogP contribution in [0.5, 0.6) is 5.75 Å². The highest BCUT2D eigenvalue weighted by molar-refractivity contribution is 6.30. The van der Waals surface area contributed by atoms with Gasteiger partial charge in [0, 0.05) is 17.4 Å². The molecule has 0 saturated carbocycles. The van der Waals surface area contributed by atoms with Gasteiger partial charge in [-0.3, -0.25) is 9.59 Å². The SMILES string of the molecule is CC(C)OC(=O)CCC/C=C/CC1C=CC(=O)[C@@H]1/C=C/[C@@H](O)COc1cccc(Cl)c1. The standard InChI is InChI=1S/C25H31ClO5/c1-18(2)31-25(29)11-6-4-3-5-8-19-12-15-24(28)23(19)14-13-21(27)17-30-22-10-7-9-20(26)16-22/h3,5,7,9-10,12-16,18-19,21,23,27H,4,6,8,11,17H2,1-2H3/b5-3+,14-13+/t19?,21-,23-/m1/s1. The number of halogens is 1. The van der Waals surface area contributed by atoms with Crippen LogP contribution in [0.3, 0.4) is 0 Å². The first-order chi connectivity index (χ1) is 14.8. The minimum atomic E-state index is -0.825. The average Bonchev–Trinajstić information content (AvgIpc) is 3.06. The Bertz CT molecular complexity index is 812. The third kappa shape index (κ3) is 9.53. The molecule has 0 aliphatic heterocycles. The lowest BCUT2D eigenvalue weighted by atomic mass is 9.91. The Labute approximate surface area is 189 Å². The van der Waals surface area contributed by atoms with Crippen LogP contribution in [0, 0.1) is 11.8 Å². The van der Waals surface area contributed by atoms with Crippen molar-refractivity contribution in [3.05, 3.63) is 65.7 Å². The van der Waals surface area contributed by atoms with Crippen LogP contribution in [0.25, 0.3) is 0 Å². The zero-order valence-electron chi connectivity index (χ0n) is 18.1. The van der Waals surface area contributed by atoms with Gasteiger partial charge in [-0.05, 0) is 63.3 Å². The van der Waals surface area contributed by atoms with Crippen molar-refractivity contribution in [2.45, 2.75) is 51.7 Å². The monoisotopic (exact) mass is 446 g/mol. The normalized spacial score (nSPS) is 19.6. The molecule has 1 aliphatic rings. The molecule has 0 bridgehead atoms. The number of allylic oxidation sites excluding steroid dienone is 5. The number of carbonyl (C=O) groups excluding carboxylic acids is 2. The number of benzene rings is 1. The molecule has 0 amide bonds. The maximum Gasteiger partial charge on any atom is 0.306 e. The molecule has 2 rings (SSSR count). The summed E-state index contributed by atoms with van der Waals surface area (Å²) in [5.41, 5.74) is 0. The van der Waals surface area contributed by atoms with Crippen molar-refractivity contribution in [1.82, 2.24) is 0 Å². The van der Waals surface area contributed by atoms with E-state index >= 15 is 0 Å². The number of unbranched alkanes of at least 4 members (excludes halogenated alkanes) is 1. The minimum Gasteiger partial charge on any atom is -0.491 e. The quantitative estimate of drug-likeness (QED) is 0.275. The van der Waals surface area contributed by atoms with E-state index in [1.807, 2.05) is 32.1 Å². The first kappa shape index (κ1) is 24.9. The highest BCUT2D eigenvalue weighted by atomic mass is 35.5. The molecule has 6 heteroatoms. The summed E-state index contributed by atoms with van der Waals surface area (Å²) in [6, 6.07) is 6.97. The van der Waals surface area contributed by atoms with Crippen LogP contribution in [0.4, 0.5) is 0 Å². The molecule has 0 spiro atoms. The zero-order valence-corrected chi connectivity index (χ0v) is 18.8. The highest BCUT2D eigenvalue weighted by Gasteiger charge is 2.26. The van der Waals surface area contributed by atoms with E-state index in [1.54, 1.807) is 42.5 Å². The van der Waals surface area contributed by atoms with Crippen LogP contribution in [0.2, 0.25) is 5.02 Å². The number of hydrogen-bond acceptors (Lipinski definition) is 5. The van der Waals surface area contributed by atoms with Gasteiger partial charge in [-0.25, -0.2) is 0 Å². The molecule has 3 atom stereocenters. The summed E-state index contributed by atoms with van der Waals surface area (Å²) in [5, 5.41) is 10.7. The van der Waals surface area contributed by atoms with Crippen LogP contribution >= 0.6 is 11.6 Å². The number of hydrogen-bond donors (Lipinski definition) is 1. The van der Waals surface area contributed by atoms with Crippen molar-refractivity contribution in [2.75, 3.05) is 6.61 Å². The number of aliphatic hydroxyl groups is 1. The van der Waals surface area contributed by atoms with Crippen LogP contribution in [-0.2, 0) is 14.3 Å². The second kappa shape index (κ2) is 13.1. The lowest BCUT2D eigenvalue weighted by molar-refractivity contribution is -0.147. The van der Waals surface area contributed by atoms with Gasteiger partial charge in [0.2, 0.25) is 0 Å². The van der Waals surface area contributed by atoms with Crippen molar-refractivity contribution in [3.63, 3.8) is 0 Å². The van der Waals surface area contributed by atoms with Gasteiger partial charge in [-0.2, -0.15) is 0 Å². The van der Waals surface area contributed by atoms with E-state index in [9.17, 15) is 14.7 Å². The predicted molar refractivity (Wildman–Crippen MR) is 122 cm³/mol. The lowest BCUT2D eigenvalue weighted by Gasteiger charge is -2.14. The summed E-state index contributed by atoms with van der Waals surface area (Å²) in [6.07, 6.45) is 12.7. The Morgan fingerprint density at radius 3 is 2.84 bits per heavy atom. The molecule has 1 unspecified atom stereocenters. The van der Waals surface area contributed by atoms with Gasteiger partial charge < -0.3 is 14.6 Å². The highest BCUT2D eigenvalue weighted by Crippen LogP contribution is 2.27. The fourth-order valence-corrected chi connectivity index (χ4v) is 3.40. The molecule has 0 saturated heterocycles.